The predicted octanol–water partition coefficient (Wildman–Crippen LogP) is 2.32. The van der Waals surface area contributed by atoms with Crippen molar-refractivity contribution in [2.45, 2.75) is 18.4 Å². The van der Waals surface area contributed by atoms with E-state index in [1.54, 1.807) is 12.1 Å². The Labute approximate surface area is 155 Å². The number of anilines is 1. The van der Waals surface area contributed by atoms with Crippen LogP contribution in [0.3, 0.4) is 0 Å². The number of nitrogens with zero attached hydrogens (tertiary/aromatic N) is 2. The highest BCUT2D eigenvalue weighted by Gasteiger charge is 2.16. The maximum absolute atomic E-state index is 12.2. The van der Waals surface area contributed by atoms with Gasteiger partial charge in [0.25, 0.3) is 0 Å². The topological polar surface area (TPSA) is 69.7 Å². The van der Waals surface area contributed by atoms with Gasteiger partial charge >= 0.3 is 0 Å². The van der Waals surface area contributed by atoms with Crippen LogP contribution in [0.5, 0.6) is 0 Å². The molecule has 0 heterocycles. The van der Waals surface area contributed by atoms with Crippen molar-refractivity contribution >= 4 is 21.6 Å². The first-order valence-electron chi connectivity index (χ1n) is 8.25. The van der Waals surface area contributed by atoms with E-state index in [1.807, 2.05) is 43.1 Å². The molecule has 0 aromatic heterocycles. The van der Waals surface area contributed by atoms with Crippen LogP contribution in [-0.4, -0.2) is 51.2 Å². The van der Waals surface area contributed by atoms with E-state index in [1.165, 1.54) is 31.8 Å². The predicted molar refractivity (Wildman–Crippen MR) is 103 cm³/mol. The molecule has 0 fully saturated rings. The van der Waals surface area contributed by atoms with E-state index >= 15 is 0 Å². The number of nitrogens with one attached hydrogen (secondary N) is 1. The van der Waals surface area contributed by atoms with Crippen molar-refractivity contribution in [2.75, 3.05) is 33.0 Å². The quantitative estimate of drug-likeness (QED) is 0.806. The summed E-state index contributed by atoms with van der Waals surface area (Å²) in [4.78, 5) is 14.3. The normalized spacial score (nSPS) is 11.8. The molecule has 0 aliphatic heterocycles. The molecular weight excluding hydrogens is 350 g/mol. The van der Waals surface area contributed by atoms with Gasteiger partial charge < -0.3 is 5.32 Å². The first-order valence-corrected chi connectivity index (χ1v) is 9.69. The van der Waals surface area contributed by atoms with Crippen molar-refractivity contribution in [1.82, 2.24) is 9.21 Å². The summed E-state index contributed by atoms with van der Waals surface area (Å²) in [6.07, 6.45) is 0. The monoisotopic (exact) mass is 375 g/mol. The summed E-state index contributed by atoms with van der Waals surface area (Å²) in [5, 5.41) is 2.79. The zero-order valence-corrected chi connectivity index (χ0v) is 16.4. The number of amides is 1. The minimum atomic E-state index is -3.47. The van der Waals surface area contributed by atoms with Crippen LogP contribution < -0.4 is 5.32 Å². The first-order chi connectivity index (χ1) is 12.2. The van der Waals surface area contributed by atoms with Crippen LogP contribution in [0.1, 0.15) is 11.1 Å². The maximum atomic E-state index is 12.2. The molecule has 0 saturated carbocycles. The van der Waals surface area contributed by atoms with E-state index in [2.05, 4.69) is 5.32 Å². The van der Waals surface area contributed by atoms with Gasteiger partial charge in [0.2, 0.25) is 15.9 Å². The number of hydrogen-bond donors (Lipinski definition) is 1. The highest BCUT2D eigenvalue weighted by atomic mass is 32.2. The molecule has 6 nitrogen and oxygen atoms in total. The Balaban J connectivity index is 1.92. The average molecular weight is 375 g/mol. The van der Waals surface area contributed by atoms with Crippen LogP contribution in [0.25, 0.3) is 0 Å². The Morgan fingerprint density at radius 3 is 2.08 bits per heavy atom. The maximum Gasteiger partial charge on any atom is 0.242 e. The number of carbonyl (C=O) groups excluding carboxylic acids is 1. The molecule has 0 radical (unpaired) electrons. The first kappa shape index (κ1) is 20.1. The van der Waals surface area contributed by atoms with E-state index in [9.17, 15) is 13.2 Å². The van der Waals surface area contributed by atoms with Gasteiger partial charge in [-0.15, -0.1) is 0 Å². The highest BCUT2D eigenvalue weighted by Crippen LogP contribution is 2.16. The number of benzene rings is 2. The zero-order chi connectivity index (χ0) is 19.3. The SMILES string of the molecule is Cc1ccc(CN(C)CC(=O)Nc2ccc(S(=O)(=O)N(C)C)cc2)cc1. The standard InChI is InChI=1S/C19H25N3O3S/c1-15-5-7-16(8-6-15)13-22(4)14-19(23)20-17-9-11-18(12-10-17)26(24,25)21(2)3/h5-12H,13-14H2,1-4H3,(H,20,23). The molecule has 1 amide bonds. The second-order valence-electron chi connectivity index (χ2n) is 6.52. The number of carbonyl (C=O) groups is 1. The molecule has 140 valence electrons. The lowest BCUT2D eigenvalue weighted by molar-refractivity contribution is -0.117. The third-order valence-corrected chi connectivity index (χ3v) is 5.73. The summed E-state index contributed by atoms with van der Waals surface area (Å²) in [6.45, 7) is 2.95. The molecule has 1 N–H and O–H groups in total. The van der Waals surface area contributed by atoms with Crippen LogP contribution in [0.4, 0.5) is 5.69 Å². The molecule has 0 atom stereocenters. The van der Waals surface area contributed by atoms with Crippen LogP contribution in [0, 0.1) is 6.92 Å². The lowest BCUT2D eigenvalue weighted by atomic mass is 10.1. The lowest BCUT2D eigenvalue weighted by Gasteiger charge is -2.17. The number of sulfonamides is 1. The Morgan fingerprint density at radius 1 is 0.962 bits per heavy atom. The van der Waals surface area contributed by atoms with E-state index in [-0.39, 0.29) is 17.3 Å². The highest BCUT2D eigenvalue weighted by molar-refractivity contribution is 7.89. The third kappa shape index (κ3) is 5.39. The number of aryl methyl sites for hydroxylation is 1. The fraction of sp³-hybridized carbons (Fsp3) is 0.316. The van der Waals surface area contributed by atoms with Crippen LogP contribution in [-0.2, 0) is 21.4 Å². The summed E-state index contributed by atoms with van der Waals surface area (Å²) in [5.41, 5.74) is 2.91. The summed E-state index contributed by atoms with van der Waals surface area (Å²) in [7, 11) is 1.38. The largest absolute Gasteiger partial charge is 0.325 e. The van der Waals surface area contributed by atoms with Crippen LogP contribution >= 0.6 is 0 Å². The van der Waals surface area contributed by atoms with Crippen molar-refractivity contribution in [3.05, 3.63) is 59.7 Å². The Kier molecular flexibility index (Phi) is 6.52. The fourth-order valence-electron chi connectivity index (χ4n) is 2.43. The van der Waals surface area contributed by atoms with Crippen LogP contribution in [0.2, 0.25) is 0 Å². The Morgan fingerprint density at radius 2 is 1.54 bits per heavy atom. The number of rotatable bonds is 7. The van der Waals surface area contributed by atoms with Gasteiger partial charge in [0.15, 0.2) is 0 Å². The van der Waals surface area contributed by atoms with Gasteiger partial charge in [-0.05, 0) is 43.8 Å². The third-order valence-electron chi connectivity index (χ3n) is 3.90. The molecule has 0 aliphatic rings. The molecule has 26 heavy (non-hydrogen) atoms. The van der Waals surface area contributed by atoms with Crippen LogP contribution in [0.15, 0.2) is 53.4 Å². The van der Waals surface area contributed by atoms with E-state index in [4.69, 9.17) is 0 Å². The van der Waals surface area contributed by atoms with Crippen molar-refractivity contribution in [3.8, 4) is 0 Å². The second kappa shape index (κ2) is 8.44. The molecule has 0 saturated heterocycles. The van der Waals surface area contributed by atoms with Crippen molar-refractivity contribution in [3.63, 3.8) is 0 Å². The molecule has 2 rings (SSSR count). The Hall–Kier alpha value is -2.22. The van der Waals surface area contributed by atoms with Gasteiger partial charge in [-0.25, -0.2) is 12.7 Å². The average Bonchev–Trinajstić information content (AvgIpc) is 2.57. The molecule has 7 heteroatoms. The van der Waals surface area contributed by atoms with Gasteiger partial charge in [0.1, 0.15) is 0 Å². The number of likely N-dealkylation sites (N-methyl/N-ethyl adjacent to an activating group) is 1. The van der Waals surface area contributed by atoms with Gasteiger partial charge in [-0.2, -0.15) is 0 Å². The van der Waals surface area contributed by atoms with Gasteiger partial charge in [0, 0.05) is 26.3 Å². The molecule has 2 aromatic carbocycles. The van der Waals surface area contributed by atoms with Gasteiger partial charge in [-0.3, -0.25) is 9.69 Å². The van der Waals surface area contributed by atoms with Gasteiger partial charge in [-0.1, -0.05) is 29.8 Å². The summed E-state index contributed by atoms with van der Waals surface area (Å²) in [5.74, 6) is -0.150. The molecule has 0 spiro atoms. The molecule has 2 aromatic rings. The fourth-order valence-corrected chi connectivity index (χ4v) is 3.33. The smallest absolute Gasteiger partial charge is 0.242 e. The van der Waals surface area contributed by atoms with Crippen molar-refractivity contribution in [2.24, 2.45) is 0 Å². The zero-order valence-electron chi connectivity index (χ0n) is 15.6. The summed E-state index contributed by atoms with van der Waals surface area (Å²) >= 11 is 0. The minimum Gasteiger partial charge on any atom is -0.325 e. The molecule has 0 unspecified atom stereocenters. The molecule has 0 aliphatic carbocycles. The minimum absolute atomic E-state index is 0.150. The van der Waals surface area contributed by atoms with E-state index in [0.717, 1.165) is 9.87 Å². The molecule has 0 bridgehead atoms. The van der Waals surface area contributed by atoms with E-state index in [0.29, 0.717) is 12.2 Å². The second-order valence-corrected chi connectivity index (χ2v) is 8.67. The van der Waals surface area contributed by atoms with Crippen molar-refractivity contribution < 1.29 is 13.2 Å². The van der Waals surface area contributed by atoms with Crippen molar-refractivity contribution in [1.29, 1.82) is 0 Å². The Bertz CT molecular complexity index is 845. The number of hydrogen-bond acceptors (Lipinski definition) is 4. The van der Waals surface area contributed by atoms with Gasteiger partial charge in [0.05, 0.1) is 11.4 Å². The van der Waals surface area contributed by atoms with E-state index < -0.39 is 10.0 Å². The summed E-state index contributed by atoms with van der Waals surface area (Å²) < 4.78 is 25.2. The summed E-state index contributed by atoms with van der Waals surface area (Å²) in [6, 6.07) is 14.4. The lowest BCUT2D eigenvalue weighted by Crippen LogP contribution is -2.29. The molecular formula is C19H25N3O3S.